The molecule has 0 saturated carbocycles. The van der Waals surface area contributed by atoms with Crippen LogP contribution in [0, 0.1) is 10.1 Å². The number of anilines is 1. The summed E-state index contributed by atoms with van der Waals surface area (Å²) in [6, 6.07) is 13.9. The highest BCUT2D eigenvalue weighted by molar-refractivity contribution is 6.36. The number of hydrogen-bond donors (Lipinski definition) is 0. The van der Waals surface area contributed by atoms with E-state index < -0.39 is 16.7 Å². The van der Waals surface area contributed by atoms with Crippen molar-refractivity contribution in [3.63, 3.8) is 0 Å². The summed E-state index contributed by atoms with van der Waals surface area (Å²) in [5.74, 6) is -0.429. The Hall–Kier alpha value is -3.74. The molecule has 1 aliphatic rings. The third kappa shape index (κ3) is 2.14. The largest absolute Gasteiger partial charge is 0.497 e. The molecule has 0 aromatic heterocycles. The van der Waals surface area contributed by atoms with E-state index in [4.69, 9.17) is 4.74 Å². The molecule has 0 atom stereocenters. The van der Waals surface area contributed by atoms with E-state index in [0.29, 0.717) is 16.8 Å². The zero-order valence-corrected chi connectivity index (χ0v) is 13.6. The number of hydrogen-bond acceptors (Lipinski definition) is 5. The van der Waals surface area contributed by atoms with Crippen molar-refractivity contribution < 1.29 is 19.2 Å². The molecule has 128 valence electrons. The maximum absolute atomic E-state index is 13.0. The predicted octanol–water partition coefficient (Wildman–Crippen LogP) is 3.56. The summed E-state index contributed by atoms with van der Waals surface area (Å²) in [4.78, 5) is 37.7. The van der Waals surface area contributed by atoms with Crippen molar-refractivity contribution in [3.05, 3.63) is 75.8 Å². The lowest BCUT2D eigenvalue weighted by molar-refractivity contribution is -0.383. The topological polar surface area (TPSA) is 89.8 Å². The predicted molar refractivity (Wildman–Crippen MR) is 94.7 cm³/mol. The average molecular weight is 348 g/mol. The molecule has 3 aromatic carbocycles. The molecule has 0 saturated heterocycles. The van der Waals surface area contributed by atoms with E-state index in [9.17, 15) is 19.7 Å². The molecule has 0 N–H and O–H groups in total. The van der Waals surface area contributed by atoms with Crippen molar-refractivity contribution >= 4 is 34.0 Å². The number of ether oxygens (including phenoxy) is 1. The number of rotatable bonds is 3. The monoisotopic (exact) mass is 348 g/mol. The van der Waals surface area contributed by atoms with Crippen LogP contribution in [0.25, 0.3) is 10.8 Å². The number of non-ortho nitro benzene ring substituents is 1. The number of nitrogens with zero attached hydrogens (tertiary/aromatic N) is 2. The summed E-state index contributed by atoms with van der Waals surface area (Å²) < 4.78 is 5.10. The first-order chi connectivity index (χ1) is 12.5. The molecular weight excluding hydrogens is 336 g/mol. The van der Waals surface area contributed by atoms with Gasteiger partial charge in [-0.3, -0.25) is 19.7 Å². The molecule has 0 unspecified atom stereocenters. The van der Waals surface area contributed by atoms with Gasteiger partial charge in [0.25, 0.3) is 17.5 Å². The fourth-order valence-corrected chi connectivity index (χ4v) is 3.21. The quantitative estimate of drug-likeness (QED) is 0.410. The van der Waals surface area contributed by atoms with E-state index in [0.717, 1.165) is 4.90 Å². The Morgan fingerprint density at radius 1 is 0.923 bits per heavy atom. The molecule has 0 radical (unpaired) electrons. The Morgan fingerprint density at radius 3 is 2.19 bits per heavy atom. The summed E-state index contributed by atoms with van der Waals surface area (Å²) in [7, 11) is 1.52. The van der Waals surface area contributed by atoms with Crippen molar-refractivity contribution in [1.82, 2.24) is 0 Å². The van der Waals surface area contributed by atoms with Crippen LogP contribution in [0.5, 0.6) is 5.75 Å². The van der Waals surface area contributed by atoms with Crippen molar-refractivity contribution in [1.29, 1.82) is 0 Å². The smallest absolute Gasteiger partial charge is 0.277 e. The van der Waals surface area contributed by atoms with Gasteiger partial charge in [0, 0.05) is 22.6 Å². The van der Waals surface area contributed by atoms with Gasteiger partial charge < -0.3 is 4.74 Å². The highest BCUT2D eigenvalue weighted by Gasteiger charge is 2.35. The van der Waals surface area contributed by atoms with Gasteiger partial charge in [-0.25, -0.2) is 4.90 Å². The Labute approximate surface area is 147 Å². The lowest BCUT2D eigenvalue weighted by Gasteiger charge is -2.27. The van der Waals surface area contributed by atoms with Crippen LogP contribution in [0.3, 0.4) is 0 Å². The van der Waals surface area contributed by atoms with Gasteiger partial charge in [0.1, 0.15) is 5.75 Å². The van der Waals surface area contributed by atoms with Gasteiger partial charge in [-0.1, -0.05) is 6.07 Å². The van der Waals surface area contributed by atoms with Gasteiger partial charge in [0.2, 0.25) is 0 Å². The van der Waals surface area contributed by atoms with Crippen LogP contribution in [0.15, 0.2) is 54.6 Å². The summed E-state index contributed by atoms with van der Waals surface area (Å²) in [6.07, 6.45) is 0. The first kappa shape index (κ1) is 15.8. The van der Waals surface area contributed by atoms with Crippen LogP contribution in [-0.4, -0.2) is 23.8 Å². The van der Waals surface area contributed by atoms with Crippen molar-refractivity contribution in [2.24, 2.45) is 0 Å². The summed E-state index contributed by atoms with van der Waals surface area (Å²) in [5, 5.41) is 11.9. The minimum absolute atomic E-state index is 0.135. The first-order valence-electron chi connectivity index (χ1n) is 7.76. The normalized spacial score (nSPS) is 13.2. The second-order valence-corrected chi connectivity index (χ2v) is 5.76. The number of benzene rings is 3. The SMILES string of the molecule is COc1ccc(N2C(=O)c3cccc4c([N+](=O)[O-])ccc(c34)C2=O)cc1. The van der Waals surface area contributed by atoms with Crippen LogP contribution in [0.1, 0.15) is 20.7 Å². The highest BCUT2D eigenvalue weighted by Crippen LogP contribution is 2.37. The Kier molecular flexibility index (Phi) is 3.43. The van der Waals surface area contributed by atoms with Crippen LogP contribution < -0.4 is 9.64 Å². The molecule has 7 heteroatoms. The lowest BCUT2D eigenvalue weighted by Crippen LogP contribution is -2.40. The number of imide groups is 1. The molecule has 1 heterocycles. The average Bonchev–Trinajstić information content (AvgIpc) is 2.66. The van der Waals surface area contributed by atoms with Gasteiger partial charge in [-0.2, -0.15) is 0 Å². The fraction of sp³-hybridized carbons (Fsp3) is 0.0526. The van der Waals surface area contributed by atoms with Gasteiger partial charge in [-0.15, -0.1) is 0 Å². The number of nitro benzene ring substituents is 1. The van der Waals surface area contributed by atoms with Gasteiger partial charge in [0.15, 0.2) is 0 Å². The maximum atomic E-state index is 13.0. The molecule has 0 spiro atoms. The Balaban J connectivity index is 1.94. The molecule has 0 bridgehead atoms. The molecule has 0 aliphatic carbocycles. The van der Waals surface area contributed by atoms with E-state index >= 15 is 0 Å². The zero-order chi connectivity index (χ0) is 18.4. The summed E-state index contributed by atoms with van der Waals surface area (Å²) in [5.41, 5.74) is 0.791. The maximum Gasteiger partial charge on any atom is 0.277 e. The lowest BCUT2D eigenvalue weighted by atomic mass is 9.93. The molecular formula is C19H12N2O5. The number of nitro groups is 1. The molecule has 26 heavy (non-hydrogen) atoms. The Morgan fingerprint density at radius 2 is 1.58 bits per heavy atom. The Bertz CT molecular complexity index is 1070. The zero-order valence-electron chi connectivity index (χ0n) is 13.6. The minimum atomic E-state index is -0.520. The first-order valence-corrected chi connectivity index (χ1v) is 7.76. The van der Waals surface area contributed by atoms with E-state index in [-0.39, 0.29) is 22.2 Å². The third-order valence-electron chi connectivity index (χ3n) is 4.41. The molecule has 1 aliphatic heterocycles. The van der Waals surface area contributed by atoms with E-state index in [1.807, 2.05) is 0 Å². The molecule has 7 nitrogen and oxygen atoms in total. The molecule has 3 aromatic rings. The molecule has 2 amide bonds. The minimum Gasteiger partial charge on any atom is -0.497 e. The van der Waals surface area contributed by atoms with Gasteiger partial charge >= 0.3 is 0 Å². The van der Waals surface area contributed by atoms with Crippen molar-refractivity contribution in [3.8, 4) is 5.75 Å². The fourth-order valence-electron chi connectivity index (χ4n) is 3.21. The van der Waals surface area contributed by atoms with Crippen molar-refractivity contribution in [2.45, 2.75) is 0 Å². The van der Waals surface area contributed by atoms with Gasteiger partial charge in [-0.05, 0) is 42.5 Å². The number of methoxy groups -OCH3 is 1. The molecule has 4 rings (SSSR count). The molecule has 0 fully saturated rings. The number of amides is 2. The van der Waals surface area contributed by atoms with Crippen LogP contribution in [0.4, 0.5) is 11.4 Å². The van der Waals surface area contributed by atoms with E-state index in [1.54, 1.807) is 42.5 Å². The third-order valence-corrected chi connectivity index (χ3v) is 4.41. The van der Waals surface area contributed by atoms with E-state index in [1.165, 1.54) is 19.2 Å². The van der Waals surface area contributed by atoms with Gasteiger partial charge in [0.05, 0.1) is 23.1 Å². The standard InChI is InChI=1S/C19H12N2O5/c1-26-12-7-5-11(6-8-12)20-18(22)14-4-2-3-13-16(21(24)25)10-9-15(17(13)14)19(20)23/h2-10H,1H3. The second kappa shape index (κ2) is 5.66. The summed E-state index contributed by atoms with van der Waals surface area (Å²) in [6.45, 7) is 0. The van der Waals surface area contributed by atoms with Crippen LogP contribution in [0.2, 0.25) is 0 Å². The highest BCUT2D eigenvalue weighted by atomic mass is 16.6. The van der Waals surface area contributed by atoms with Crippen LogP contribution >= 0.6 is 0 Å². The number of carbonyl (C=O) groups is 2. The van der Waals surface area contributed by atoms with Crippen molar-refractivity contribution in [2.75, 3.05) is 12.0 Å². The van der Waals surface area contributed by atoms with Crippen LogP contribution in [-0.2, 0) is 0 Å². The number of carbonyl (C=O) groups excluding carboxylic acids is 2. The summed E-state index contributed by atoms with van der Waals surface area (Å²) >= 11 is 0. The van der Waals surface area contributed by atoms with E-state index in [2.05, 4.69) is 0 Å². The second-order valence-electron chi connectivity index (χ2n) is 5.76.